The molecule has 0 N–H and O–H groups in total. The molecule has 0 aliphatic carbocycles. The van der Waals surface area contributed by atoms with Crippen molar-refractivity contribution in [2.45, 2.75) is 6.92 Å². The van der Waals surface area contributed by atoms with Crippen molar-refractivity contribution < 1.29 is 0 Å². The van der Waals surface area contributed by atoms with Gasteiger partial charge in [-0.1, -0.05) is 339 Å². The van der Waals surface area contributed by atoms with Gasteiger partial charge in [-0.05, 0) is 248 Å². The van der Waals surface area contributed by atoms with Crippen molar-refractivity contribution in [3.8, 4) is 55.9 Å². The number of hydrogen-bond donors (Lipinski definition) is 0. The summed E-state index contributed by atoms with van der Waals surface area (Å²) in [5, 5.41) is 24.9. The number of para-hydroxylation sites is 6. The Morgan fingerprint density at radius 3 is 0.826 bits per heavy atom. The van der Waals surface area contributed by atoms with Crippen molar-refractivity contribution in [2.75, 3.05) is 9.80 Å². The molecule has 0 aliphatic heterocycles. The highest BCUT2D eigenvalue weighted by molar-refractivity contribution is 6.27. The number of hydrogen-bond acceptors (Lipinski definition) is 2. The molecule has 0 amide bonds. The zero-order chi connectivity index (χ0) is 80.0. The maximum absolute atomic E-state index is 2.41. The molecule has 2 heterocycles. The van der Waals surface area contributed by atoms with Crippen molar-refractivity contribution in [3.63, 3.8) is 0 Å². The molecule has 0 spiro atoms. The lowest BCUT2D eigenvalue weighted by atomic mass is 9.83. The Morgan fingerprint density at radius 1 is 0.174 bits per heavy atom. The Hall–Kier alpha value is -15.9. The molecule has 22 aromatic carbocycles. The number of aryl methyl sites for hydroxylation is 1. The Morgan fingerprint density at radius 2 is 0.455 bits per heavy atom. The largest absolute Gasteiger partial charge is 0.310 e. The fourth-order valence-electron chi connectivity index (χ4n) is 19.6. The summed E-state index contributed by atoms with van der Waals surface area (Å²) in [6.45, 7) is 2.20. The summed E-state index contributed by atoms with van der Waals surface area (Å²) in [5.41, 5.74) is 25.0. The number of anilines is 6. The topological polar surface area (TPSA) is 16.3 Å². The minimum absolute atomic E-state index is 1.10. The minimum Gasteiger partial charge on any atom is -0.310 e. The van der Waals surface area contributed by atoms with E-state index in [1.54, 1.807) is 0 Å². The van der Waals surface area contributed by atoms with Crippen LogP contribution in [0, 0.1) is 6.92 Å². The smallest absolute Gasteiger partial charge is 0.0541 e. The van der Waals surface area contributed by atoms with E-state index in [1.165, 1.54) is 180 Å². The van der Waals surface area contributed by atoms with Gasteiger partial charge in [-0.2, -0.15) is 0 Å². The molecule has 2 aromatic heterocycles. The third-order valence-corrected chi connectivity index (χ3v) is 24.9. The Bertz CT molecular complexity index is 8060. The zero-order valence-corrected chi connectivity index (χ0v) is 66.6. The summed E-state index contributed by atoms with van der Waals surface area (Å²) in [6.07, 6.45) is 0. The van der Waals surface area contributed by atoms with E-state index in [0.717, 1.165) is 45.5 Å². The molecule has 566 valence electrons. The van der Waals surface area contributed by atoms with E-state index in [1.807, 2.05) is 0 Å². The van der Waals surface area contributed by atoms with Crippen LogP contribution < -0.4 is 9.80 Å². The lowest BCUT2D eigenvalue weighted by Gasteiger charge is -2.28. The molecule has 0 aliphatic rings. The van der Waals surface area contributed by atoms with Crippen LogP contribution in [0.1, 0.15) is 5.56 Å². The molecule has 121 heavy (non-hydrogen) atoms. The molecule has 24 aromatic rings. The van der Waals surface area contributed by atoms with Gasteiger partial charge in [0.1, 0.15) is 0 Å². The van der Waals surface area contributed by atoms with Crippen molar-refractivity contribution >= 4 is 164 Å². The fraction of sp³-hybridized carbons (Fsp3) is 0.00855. The molecule has 24 rings (SSSR count). The number of benzene rings is 22. The van der Waals surface area contributed by atoms with Crippen molar-refractivity contribution in [1.82, 2.24) is 9.13 Å². The number of nitrogens with zero attached hydrogens (tertiary/aromatic N) is 4. The quantitative estimate of drug-likeness (QED) is 0.113. The second-order valence-electron chi connectivity index (χ2n) is 31.8. The Kier molecular flexibility index (Phi) is 17.1. The van der Waals surface area contributed by atoms with Crippen LogP contribution in [-0.4, -0.2) is 9.13 Å². The first-order valence-corrected chi connectivity index (χ1v) is 41.8. The number of rotatable bonds is 12. The van der Waals surface area contributed by atoms with Gasteiger partial charge in [-0.3, -0.25) is 0 Å². The van der Waals surface area contributed by atoms with E-state index in [0.29, 0.717) is 0 Å². The SMILES string of the molecule is Cc1ccc2c(-c3ccc(N(c4ccccc4)c4ccc(-n5c6ccccc6c6ccccc65)cc4)c4ccccc34)c3ccccc3c(-c3ccc4ccccc4c3)c2c1.c1ccc(N(c2ccc(-n3c4ccccc4c4ccccc43)cc2)c2ccc(-c3c4ccccc4c(-c4ccc5ccccc5c4)c4ccccc34)c3ccccc23)cc1. The van der Waals surface area contributed by atoms with Crippen molar-refractivity contribution in [3.05, 3.63) is 461 Å². The van der Waals surface area contributed by atoms with E-state index in [2.05, 4.69) is 481 Å². The van der Waals surface area contributed by atoms with Crippen LogP contribution in [0.15, 0.2) is 455 Å². The molecule has 4 heteroatoms. The van der Waals surface area contributed by atoms with Gasteiger partial charge in [0, 0.05) is 66.4 Å². The van der Waals surface area contributed by atoms with Gasteiger partial charge < -0.3 is 18.9 Å². The van der Waals surface area contributed by atoms with Crippen molar-refractivity contribution in [2.24, 2.45) is 0 Å². The van der Waals surface area contributed by atoms with Crippen LogP contribution in [0.3, 0.4) is 0 Å². The van der Waals surface area contributed by atoms with Gasteiger partial charge in [-0.15, -0.1) is 0 Å². The Labute approximate surface area is 701 Å². The monoisotopic (exact) mass is 1540 g/mol. The second kappa shape index (κ2) is 29.4. The third kappa shape index (κ3) is 11.9. The van der Waals surface area contributed by atoms with Gasteiger partial charge >= 0.3 is 0 Å². The summed E-state index contributed by atoms with van der Waals surface area (Å²) in [7, 11) is 0. The lowest BCUT2D eigenvalue weighted by Crippen LogP contribution is -2.10. The van der Waals surface area contributed by atoms with Crippen LogP contribution in [0.5, 0.6) is 0 Å². The highest BCUT2D eigenvalue weighted by Crippen LogP contribution is 2.52. The number of fused-ring (bicyclic) bond motifs is 14. The first-order chi connectivity index (χ1) is 60.0. The van der Waals surface area contributed by atoms with Crippen LogP contribution >= 0.6 is 0 Å². The highest BCUT2D eigenvalue weighted by atomic mass is 15.2. The third-order valence-electron chi connectivity index (χ3n) is 24.9. The summed E-state index contributed by atoms with van der Waals surface area (Å²) in [4.78, 5) is 4.81. The highest BCUT2D eigenvalue weighted by Gasteiger charge is 2.26. The molecule has 0 fully saturated rings. The van der Waals surface area contributed by atoms with Gasteiger partial charge in [0.15, 0.2) is 0 Å². The van der Waals surface area contributed by atoms with E-state index in [4.69, 9.17) is 0 Å². The lowest BCUT2D eigenvalue weighted by molar-refractivity contribution is 1.17. The first kappa shape index (κ1) is 70.5. The molecule has 0 unspecified atom stereocenters. The van der Waals surface area contributed by atoms with Gasteiger partial charge in [-0.25, -0.2) is 0 Å². The second-order valence-corrected chi connectivity index (χ2v) is 31.8. The van der Waals surface area contributed by atoms with Gasteiger partial charge in [0.25, 0.3) is 0 Å². The molecule has 4 nitrogen and oxygen atoms in total. The molecule has 0 saturated carbocycles. The summed E-state index contributed by atoms with van der Waals surface area (Å²) < 4.78 is 4.76. The van der Waals surface area contributed by atoms with E-state index in [-0.39, 0.29) is 0 Å². The average molecular weight is 1540 g/mol. The maximum Gasteiger partial charge on any atom is 0.0541 e. The van der Waals surface area contributed by atoms with E-state index < -0.39 is 0 Å². The number of aromatic nitrogens is 2. The Balaban J connectivity index is 0.000000141. The maximum atomic E-state index is 2.41. The summed E-state index contributed by atoms with van der Waals surface area (Å²) in [5.74, 6) is 0. The molecular formula is C117H78N4. The van der Waals surface area contributed by atoms with Gasteiger partial charge in [0.2, 0.25) is 0 Å². The normalized spacial score (nSPS) is 11.7. The predicted octanol–water partition coefficient (Wildman–Crippen LogP) is 32.7. The molecule has 0 atom stereocenters. The van der Waals surface area contributed by atoms with E-state index >= 15 is 0 Å². The van der Waals surface area contributed by atoms with Crippen molar-refractivity contribution in [1.29, 1.82) is 0 Å². The van der Waals surface area contributed by atoms with E-state index in [9.17, 15) is 0 Å². The molecule has 0 radical (unpaired) electrons. The van der Waals surface area contributed by atoms with Crippen LogP contribution in [0.25, 0.3) is 186 Å². The standard InChI is InChI=1S/C59H40N2.C58H38N2/c1-39-27-34-53-54(37-39)58(42-29-28-40-15-5-6-16-41(40)38-42)50-23-9-10-24-51(50)59(53)52-35-36-57(47-20-8-7-19-46(47)52)60(43-17-3-2-4-18-43)44-30-32-45(33-31-44)61-55-25-13-11-21-48(55)49-22-12-14-26-56(49)61;1-2-18-42(19-3-1)59(43-32-34-44(35-33-43)60-54-28-14-12-22-47(54)48-23-13-15-29-55(48)60)56-37-36-53(45-20-6-7-21-46(45)56)58-51-26-10-8-24-49(51)57(50-25-9-11-27-52(50)58)41-31-30-39-16-4-5-17-40(39)38-41/h2-38H,1H3;1-38H. The summed E-state index contributed by atoms with van der Waals surface area (Å²) in [6, 6.07) is 167. The van der Waals surface area contributed by atoms with Crippen LogP contribution in [0.4, 0.5) is 34.1 Å². The predicted molar refractivity (Wildman–Crippen MR) is 517 cm³/mol. The molecular weight excluding hydrogens is 1460 g/mol. The van der Waals surface area contributed by atoms with Crippen LogP contribution in [-0.2, 0) is 0 Å². The van der Waals surface area contributed by atoms with Crippen LogP contribution in [0.2, 0.25) is 0 Å². The summed E-state index contributed by atoms with van der Waals surface area (Å²) >= 11 is 0. The minimum atomic E-state index is 1.10. The molecule has 0 saturated heterocycles. The van der Waals surface area contributed by atoms with Gasteiger partial charge in [0.05, 0.1) is 33.4 Å². The zero-order valence-electron chi connectivity index (χ0n) is 66.6. The fourth-order valence-corrected chi connectivity index (χ4v) is 19.6. The first-order valence-electron chi connectivity index (χ1n) is 41.8. The molecule has 0 bridgehead atoms. The average Bonchev–Trinajstić information content (AvgIpc) is 1.61.